The number of anilines is 1. The van der Waals surface area contributed by atoms with Gasteiger partial charge < -0.3 is 14.7 Å². The van der Waals surface area contributed by atoms with E-state index in [1.807, 2.05) is 0 Å². The fourth-order valence-corrected chi connectivity index (χ4v) is 2.53. The van der Waals surface area contributed by atoms with Gasteiger partial charge in [0.2, 0.25) is 0 Å². The fraction of sp³-hybridized carbons (Fsp3) is 0.467. The van der Waals surface area contributed by atoms with Gasteiger partial charge in [-0.15, -0.1) is 0 Å². The molecule has 2 amide bonds. The molecule has 1 unspecified atom stereocenters. The number of carbonyl (C=O) groups excluding carboxylic acids is 1. The number of hydrogen-bond acceptors (Lipinski definition) is 3. The summed E-state index contributed by atoms with van der Waals surface area (Å²) in [4.78, 5) is 26.7. The molecule has 0 aromatic heterocycles. The van der Waals surface area contributed by atoms with Crippen LogP contribution in [0, 0.1) is 0 Å². The lowest BCUT2D eigenvalue weighted by atomic mass is 10.0. The molecule has 0 radical (unpaired) electrons. The number of rotatable bonds is 3. The van der Waals surface area contributed by atoms with Crippen LogP contribution in [0.2, 0.25) is 0 Å². The van der Waals surface area contributed by atoms with Crippen LogP contribution in [0.3, 0.4) is 0 Å². The van der Waals surface area contributed by atoms with E-state index in [9.17, 15) is 14.7 Å². The van der Waals surface area contributed by atoms with Crippen molar-refractivity contribution in [3.05, 3.63) is 24.3 Å². The van der Waals surface area contributed by atoms with Crippen molar-refractivity contribution in [2.75, 3.05) is 25.6 Å². The van der Waals surface area contributed by atoms with Crippen molar-refractivity contribution in [1.29, 1.82) is 0 Å². The summed E-state index contributed by atoms with van der Waals surface area (Å²) in [6, 6.07) is 6.07. The first-order chi connectivity index (χ1) is 10.0. The molecule has 1 saturated heterocycles. The van der Waals surface area contributed by atoms with Gasteiger partial charge in [0.05, 0.1) is 7.11 Å². The SMILES string of the molecule is COc1ccc(N(C)C(=O)N2CCCCC2C(=O)O)cc1. The Hall–Kier alpha value is -2.24. The van der Waals surface area contributed by atoms with E-state index in [1.54, 1.807) is 38.4 Å². The number of nitrogens with zero attached hydrogens (tertiary/aromatic N) is 2. The van der Waals surface area contributed by atoms with Crippen LogP contribution >= 0.6 is 0 Å². The summed E-state index contributed by atoms with van der Waals surface area (Å²) in [7, 11) is 3.23. The summed E-state index contributed by atoms with van der Waals surface area (Å²) in [6.07, 6.45) is 2.19. The van der Waals surface area contributed by atoms with Crippen molar-refractivity contribution in [3.63, 3.8) is 0 Å². The summed E-state index contributed by atoms with van der Waals surface area (Å²) in [6.45, 7) is 0.482. The minimum atomic E-state index is -0.939. The third-order valence-corrected chi connectivity index (χ3v) is 3.78. The molecule has 2 rings (SSSR count). The maximum absolute atomic E-state index is 12.5. The number of likely N-dealkylation sites (tertiary alicyclic amines) is 1. The molecule has 6 nitrogen and oxygen atoms in total. The highest BCUT2D eigenvalue weighted by molar-refractivity contribution is 5.94. The maximum atomic E-state index is 12.5. The van der Waals surface area contributed by atoms with Gasteiger partial charge in [0, 0.05) is 19.3 Å². The molecule has 1 aromatic rings. The van der Waals surface area contributed by atoms with Gasteiger partial charge in [0.15, 0.2) is 0 Å². The highest BCUT2D eigenvalue weighted by Crippen LogP contribution is 2.23. The number of carboxylic acid groups (broad SMARTS) is 1. The predicted molar refractivity (Wildman–Crippen MR) is 78.8 cm³/mol. The van der Waals surface area contributed by atoms with E-state index in [0.717, 1.165) is 12.8 Å². The van der Waals surface area contributed by atoms with Crippen LogP contribution in [-0.4, -0.2) is 48.8 Å². The summed E-state index contributed by atoms with van der Waals surface area (Å²) in [5.74, 6) is -0.229. The number of hydrogen-bond donors (Lipinski definition) is 1. The Morgan fingerprint density at radius 2 is 1.95 bits per heavy atom. The van der Waals surface area contributed by atoms with Gasteiger partial charge in [-0.05, 0) is 43.5 Å². The molecule has 0 bridgehead atoms. The first kappa shape index (κ1) is 15.2. The summed E-state index contributed by atoms with van der Waals surface area (Å²) < 4.78 is 5.08. The van der Waals surface area contributed by atoms with E-state index in [0.29, 0.717) is 24.4 Å². The smallest absolute Gasteiger partial charge is 0.326 e. The maximum Gasteiger partial charge on any atom is 0.326 e. The van der Waals surface area contributed by atoms with Crippen molar-refractivity contribution < 1.29 is 19.4 Å². The van der Waals surface area contributed by atoms with E-state index in [2.05, 4.69) is 0 Å². The van der Waals surface area contributed by atoms with Gasteiger partial charge >= 0.3 is 12.0 Å². The second-order valence-corrected chi connectivity index (χ2v) is 5.08. The number of aliphatic carboxylic acids is 1. The lowest BCUT2D eigenvalue weighted by Gasteiger charge is -2.35. The van der Waals surface area contributed by atoms with Gasteiger partial charge in [-0.1, -0.05) is 0 Å². The predicted octanol–water partition coefficient (Wildman–Crippen LogP) is 2.19. The minimum Gasteiger partial charge on any atom is -0.497 e. The second-order valence-electron chi connectivity index (χ2n) is 5.08. The zero-order chi connectivity index (χ0) is 15.4. The number of carboxylic acids is 1. The number of ether oxygens (including phenoxy) is 1. The van der Waals surface area contributed by atoms with Gasteiger partial charge in [-0.25, -0.2) is 9.59 Å². The molecule has 1 heterocycles. The average Bonchev–Trinajstić information content (AvgIpc) is 2.53. The average molecular weight is 292 g/mol. The van der Waals surface area contributed by atoms with E-state index in [4.69, 9.17) is 4.74 Å². The Kier molecular flexibility index (Phi) is 4.67. The third-order valence-electron chi connectivity index (χ3n) is 3.78. The van der Waals surface area contributed by atoms with Gasteiger partial charge in [0.25, 0.3) is 0 Å². The lowest BCUT2D eigenvalue weighted by molar-refractivity contribution is -0.143. The molecule has 0 aliphatic carbocycles. The molecule has 1 N–H and O–H groups in total. The molecule has 1 fully saturated rings. The molecular weight excluding hydrogens is 272 g/mol. The minimum absolute atomic E-state index is 0.285. The third kappa shape index (κ3) is 3.26. The Balaban J connectivity index is 2.14. The van der Waals surface area contributed by atoms with Crippen molar-refractivity contribution >= 4 is 17.7 Å². The van der Waals surface area contributed by atoms with Crippen LogP contribution in [-0.2, 0) is 4.79 Å². The lowest BCUT2D eigenvalue weighted by Crippen LogP contribution is -2.52. The van der Waals surface area contributed by atoms with Gasteiger partial charge in [-0.3, -0.25) is 4.90 Å². The van der Waals surface area contributed by atoms with E-state index in [-0.39, 0.29) is 6.03 Å². The fourth-order valence-electron chi connectivity index (χ4n) is 2.53. The first-order valence-electron chi connectivity index (χ1n) is 6.95. The number of amides is 2. The largest absolute Gasteiger partial charge is 0.497 e. The molecule has 21 heavy (non-hydrogen) atoms. The van der Waals surface area contributed by atoms with Crippen molar-refractivity contribution in [2.45, 2.75) is 25.3 Å². The standard InChI is InChI=1S/C15H20N2O4/c1-16(11-6-8-12(21-2)9-7-11)15(20)17-10-4-3-5-13(17)14(18)19/h6-9,13H,3-5,10H2,1-2H3,(H,18,19). The molecule has 114 valence electrons. The topological polar surface area (TPSA) is 70.1 Å². The Bertz CT molecular complexity index is 515. The van der Waals surface area contributed by atoms with Gasteiger partial charge in [-0.2, -0.15) is 0 Å². The molecule has 0 saturated carbocycles. The van der Waals surface area contributed by atoms with Crippen LogP contribution in [0.15, 0.2) is 24.3 Å². The van der Waals surface area contributed by atoms with Crippen LogP contribution in [0.1, 0.15) is 19.3 Å². The number of piperidine rings is 1. The highest BCUT2D eigenvalue weighted by atomic mass is 16.5. The summed E-state index contributed by atoms with van der Waals surface area (Å²) in [5, 5.41) is 9.25. The van der Waals surface area contributed by atoms with Crippen molar-refractivity contribution in [1.82, 2.24) is 4.90 Å². The zero-order valence-corrected chi connectivity index (χ0v) is 12.3. The highest BCUT2D eigenvalue weighted by Gasteiger charge is 2.33. The van der Waals surface area contributed by atoms with E-state index < -0.39 is 12.0 Å². The molecular formula is C15H20N2O4. The molecule has 1 aromatic carbocycles. The summed E-state index contributed by atoms with van der Waals surface area (Å²) in [5.41, 5.74) is 0.704. The number of benzene rings is 1. The Labute approximate surface area is 123 Å². The Morgan fingerprint density at radius 3 is 2.52 bits per heavy atom. The normalized spacial score (nSPS) is 18.2. The van der Waals surface area contributed by atoms with Crippen molar-refractivity contribution in [2.24, 2.45) is 0 Å². The summed E-state index contributed by atoms with van der Waals surface area (Å²) >= 11 is 0. The van der Waals surface area contributed by atoms with Crippen LogP contribution in [0.4, 0.5) is 10.5 Å². The van der Waals surface area contributed by atoms with Crippen LogP contribution in [0.5, 0.6) is 5.75 Å². The van der Waals surface area contributed by atoms with Crippen LogP contribution in [0.25, 0.3) is 0 Å². The number of methoxy groups -OCH3 is 1. The monoisotopic (exact) mass is 292 g/mol. The Morgan fingerprint density at radius 1 is 1.29 bits per heavy atom. The number of urea groups is 1. The molecule has 1 aliphatic rings. The molecule has 1 atom stereocenters. The first-order valence-corrected chi connectivity index (χ1v) is 6.95. The molecule has 1 aliphatic heterocycles. The van der Waals surface area contributed by atoms with Crippen LogP contribution < -0.4 is 9.64 Å². The number of carbonyl (C=O) groups is 2. The molecule has 0 spiro atoms. The zero-order valence-electron chi connectivity index (χ0n) is 12.3. The quantitative estimate of drug-likeness (QED) is 0.927. The second kappa shape index (κ2) is 6.47. The van der Waals surface area contributed by atoms with E-state index >= 15 is 0 Å². The molecule has 6 heteroatoms. The van der Waals surface area contributed by atoms with E-state index in [1.165, 1.54) is 9.80 Å². The van der Waals surface area contributed by atoms with Gasteiger partial charge in [0.1, 0.15) is 11.8 Å². The van der Waals surface area contributed by atoms with Crippen molar-refractivity contribution in [3.8, 4) is 5.75 Å².